The van der Waals surface area contributed by atoms with E-state index in [4.69, 9.17) is 4.74 Å². The van der Waals surface area contributed by atoms with Crippen molar-refractivity contribution in [2.24, 2.45) is 17.8 Å². The lowest BCUT2D eigenvalue weighted by atomic mass is 9.68. The quantitative estimate of drug-likeness (QED) is 0.421. The Morgan fingerprint density at radius 3 is 2.60 bits per heavy atom. The molecule has 0 radical (unpaired) electrons. The molecule has 0 aromatic heterocycles. The zero-order valence-electron chi connectivity index (χ0n) is 17.2. The van der Waals surface area contributed by atoms with Crippen LogP contribution in [0.3, 0.4) is 0 Å². The van der Waals surface area contributed by atoms with Crippen LogP contribution in [0.2, 0.25) is 0 Å². The van der Waals surface area contributed by atoms with E-state index in [9.17, 15) is 14.7 Å². The van der Waals surface area contributed by atoms with E-state index < -0.39 is 17.3 Å². The van der Waals surface area contributed by atoms with E-state index >= 15 is 0 Å². The Labute approximate surface area is 176 Å². The highest BCUT2D eigenvalue weighted by atomic mass is 16.5. The lowest BCUT2D eigenvalue weighted by Crippen LogP contribution is -2.36. The highest BCUT2D eigenvalue weighted by Crippen LogP contribution is 2.43. The Morgan fingerprint density at radius 1 is 1.10 bits per heavy atom. The molecular weight excluding hydrogens is 376 g/mol. The Morgan fingerprint density at radius 2 is 1.87 bits per heavy atom. The first kappa shape index (κ1) is 20.1. The maximum atomic E-state index is 13.0. The molecule has 154 valence electrons. The summed E-state index contributed by atoms with van der Waals surface area (Å²) < 4.78 is 5.95. The van der Waals surface area contributed by atoms with E-state index in [-0.39, 0.29) is 17.8 Å². The molecule has 2 aromatic carbocycles. The molecule has 0 amide bonds. The molecule has 2 aromatic rings. The minimum atomic E-state index is -0.882. The number of carboxylic acid groups (broad SMARTS) is 1. The van der Waals surface area contributed by atoms with Crippen LogP contribution in [0.1, 0.15) is 32.3 Å². The normalized spacial score (nSPS) is 27.9. The molecular formula is C26H26O4. The smallest absolute Gasteiger partial charge is 0.314 e. The molecule has 0 saturated carbocycles. The van der Waals surface area contributed by atoms with Crippen LogP contribution in [-0.4, -0.2) is 17.0 Å². The molecule has 2 aliphatic rings. The Hall–Kier alpha value is -3.14. The summed E-state index contributed by atoms with van der Waals surface area (Å²) >= 11 is 0. The zero-order valence-corrected chi connectivity index (χ0v) is 17.2. The summed E-state index contributed by atoms with van der Waals surface area (Å²) in [5.74, 6) is -1.36. The molecule has 4 nitrogen and oxygen atoms in total. The van der Waals surface area contributed by atoms with Gasteiger partial charge in [-0.2, -0.15) is 0 Å². The molecule has 0 spiro atoms. The van der Waals surface area contributed by atoms with Gasteiger partial charge in [-0.1, -0.05) is 80.6 Å². The zero-order chi connectivity index (χ0) is 21.3. The van der Waals surface area contributed by atoms with Crippen molar-refractivity contribution in [1.82, 2.24) is 0 Å². The number of aliphatic carboxylic acids is 1. The topological polar surface area (TPSA) is 63.6 Å². The number of rotatable bonds is 4. The highest BCUT2D eigenvalue weighted by Gasteiger charge is 2.40. The molecule has 4 rings (SSSR count). The molecule has 0 heterocycles. The van der Waals surface area contributed by atoms with Crippen molar-refractivity contribution in [2.75, 3.05) is 0 Å². The van der Waals surface area contributed by atoms with Crippen molar-refractivity contribution in [1.29, 1.82) is 0 Å². The first-order valence-corrected chi connectivity index (χ1v) is 10.4. The molecule has 4 heteroatoms. The summed E-state index contributed by atoms with van der Waals surface area (Å²) in [5.41, 5.74) is 0.0803. The van der Waals surface area contributed by atoms with Gasteiger partial charge in [-0.3, -0.25) is 9.59 Å². The minimum absolute atomic E-state index is 0.140. The molecule has 0 fully saturated rings. The van der Waals surface area contributed by atoms with Crippen LogP contribution >= 0.6 is 0 Å². The molecule has 2 aliphatic carbocycles. The average molecular weight is 402 g/mol. The number of hydrogen-bond acceptors (Lipinski definition) is 3. The second-order valence-electron chi connectivity index (χ2n) is 8.39. The average Bonchev–Trinajstić information content (AvgIpc) is 2.74. The van der Waals surface area contributed by atoms with Crippen LogP contribution in [0.25, 0.3) is 10.8 Å². The van der Waals surface area contributed by atoms with Crippen LogP contribution in [0.4, 0.5) is 0 Å². The summed E-state index contributed by atoms with van der Waals surface area (Å²) in [6.45, 7) is 3.96. The largest absolute Gasteiger partial charge is 0.481 e. The molecule has 0 bridgehead atoms. The Kier molecular flexibility index (Phi) is 5.33. The number of allylic oxidation sites excluding steroid dienone is 5. The molecule has 4 unspecified atom stereocenters. The first-order valence-electron chi connectivity index (χ1n) is 10.4. The lowest BCUT2D eigenvalue weighted by Gasteiger charge is -2.34. The van der Waals surface area contributed by atoms with Gasteiger partial charge in [0.25, 0.3) is 0 Å². The summed E-state index contributed by atoms with van der Waals surface area (Å²) in [6, 6.07) is 11.5. The maximum absolute atomic E-state index is 13.0. The van der Waals surface area contributed by atoms with Gasteiger partial charge in [-0.25, -0.2) is 0 Å². The van der Waals surface area contributed by atoms with Gasteiger partial charge in [0, 0.05) is 10.8 Å². The first-order chi connectivity index (χ1) is 14.4. The van der Waals surface area contributed by atoms with E-state index in [2.05, 4.69) is 12.2 Å². The predicted octanol–water partition coefficient (Wildman–Crippen LogP) is 5.43. The fourth-order valence-corrected chi connectivity index (χ4v) is 4.67. The second kappa shape index (κ2) is 7.94. The summed E-state index contributed by atoms with van der Waals surface area (Å²) in [6.07, 6.45) is 13.1. The number of carbonyl (C=O) groups is 2. The van der Waals surface area contributed by atoms with E-state index in [1.54, 1.807) is 18.2 Å². The van der Waals surface area contributed by atoms with Gasteiger partial charge < -0.3 is 9.84 Å². The number of carbonyl (C=O) groups excluding carboxylic acids is 1. The third-order valence-corrected chi connectivity index (χ3v) is 6.45. The van der Waals surface area contributed by atoms with Gasteiger partial charge >= 0.3 is 11.9 Å². The van der Waals surface area contributed by atoms with Crippen molar-refractivity contribution in [3.63, 3.8) is 0 Å². The van der Waals surface area contributed by atoms with E-state index in [1.165, 1.54) is 0 Å². The summed E-state index contributed by atoms with van der Waals surface area (Å²) in [4.78, 5) is 25.0. The van der Waals surface area contributed by atoms with Crippen molar-refractivity contribution in [2.45, 2.75) is 32.1 Å². The van der Waals surface area contributed by atoms with Gasteiger partial charge in [0.05, 0.1) is 11.8 Å². The summed E-state index contributed by atoms with van der Waals surface area (Å²) in [5, 5.41) is 11.6. The number of benzene rings is 2. The van der Waals surface area contributed by atoms with Gasteiger partial charge in [0.1, 0.15) is 5.75 Å². The van der Waals surface area contributed by atoms with E-state index in [0.717, 1.165) is 29.2 Å². The molecule has 30 heavy (non-hydrogen) atoms. The fourth-order valence-electron chi connectivity index (χ4n) is 4.67. The van der Waals surface area contributed by atoms with Crippen LogP contribution in [0, 0.1) is 17.8 Å². The molecule has 0 saturated heterocycles. The van der Waals surface area contributed by atoms with Crippen molar-refractivity contribution < 1.29 is 19.4 Å². The van der Waals surface area contributed by atoms with Crippen LogP contribution in [0.5, 0.6) is 5.75 Å². The van der Waals surface area contributed by atoms with E-state index in [0.29, 0.717) is 5.75 Å². The number of ether oxygens (including phenoxy) is 1. The number of esters is 1. The van der Waals surface area contributed by atoms with Crippen molar-refractivity contribution in [3.05, 3.63) is 78.4 Å². The third-order valence-electron chi connectivity index (χ3n) is 6.45. The summed E-state index contributed by atoms with van der Waals surface area (Å²) in [7, 11) is 0. The maximum Gasteiger partial charge on any atom is 0.314 e. The predicted molar refractivity (Wildman–Crippen MR) is 117 cm³/mol. The second-order valence-corrected chi connectivity index (χ2v) is 8.39. The van der Waals surface area contributed by atoms with Gasteiger partial charge in [0.2, 0.25) is 0 Å². The van der Waals surface area contributed by atoms with E-state index in [1.807, 2.05) is 56.3 Å². The standard InChI is InChI=1S/C26H26O4/c1-17-9-3-4-12-19(17)25(29)30-22-15-8-11-18-10-7-14-20(23(18)22)26(2)16-6-5-13-21(26)24(27)28/h3,5-11,13-17,19,21H,4,12H2,1-2H3,(H,27,28). The molecule has 1 N–H and O–H groups in total. The van der Waals surface area contributed by atoms with Gasteiger partial charge in [-0.15, -0.1) is 0 Å². The third kappa shape index (κ3) is 3.47. The monoisotopic (exact) mass is 402 g/mol. The molecule has 4 atom stereocenters. The van der Waals surface area contributed by atoms with Crippen molar-refractivity contribution >= 4 is 22.7 Å². The Bertz CT molecular complexity index is 1070. The van der Waals surface area contributed by atoms with Gasteiger partial charge in [-0.05, 0) is 35.8 Å². The fraction of sp³-hybridized carbons (Fsp3) is 0.308. The number of carboxylic acids is 1. The van der Waals surface area contributed by atoms with Crippen LogP contribution in [0.15, 0.2) is 72.9 Å². The van der Waals surface area contributed by atoms with Crippen LogP contribution < -0.4 is 4.74 Å². The van der Waals surface area contributed by atoms with Crippen molar-refractivity contribution in [3.8, 4) is 5.75 Å². The lowest BCUT2D eigenvalue weighted by molar-refractivity contribution is -0.142. The Balaban J connectivity index is 1.80. The SMILES string of the molecule is CC1C=CCCC1C(=O)Oc1cccc2cccc(C3(C)C=CC=CC3C(=O)O)c12. The number of hydrogen-bond donors (Lipinski definition) is 1. The number of fused-ring (bicyclic) bond motifs is 1. The highest BCUT2D eigenvalue weighted by molar-refractivity contribution is 5.95. The molecule has 0 aliphatic heterocycles. The van der Waals surface area contributed by atoms with Gasteiger partial charge in [0.15, 0.2) is 0 Å². The van der Waals surface area contributed by atoms with Crippen LogP contribution in [-0.2, 0) is 15.0 Å². The minimum Gasteiger partial charge on any atom is -0.481 e.